The van der Waals surface area contributed by atoms with Gasteiger partial charge in [-0.25, -0.2) is 9.97 Å². The second-order valence-corrected chi connectivity index (χ2v) is 10.0. The van der Waals surface area contributed by atoms with Gasteiger partial charge < -0.3 is 14.7 Å². The summed E-state index contributed by atoms with van der Waals surface area (Å²) in [7, 11) is 1.74. The minimum atomic E-state index is -0.355. The van der Waals surface area contributed by atoms with Gasteiger partial charge >= 0.3 is 0 Å². The molecule has 5 rings (SSSR count). The fourth-order valence-electron chi connectivity index (χ4n) is 4.64. The Kier molecular flexibility index (Phi) is 6.82. The number of fused-ring (bicyclic) bond motifs is 2. The first kappa shape index (κ1) is 25.1. The van der Waals surface area contributed by atoms with E-state index in [9.17, 15) is 9.59 Å². The van der Waals surface area contributed by atoms with E-state index >= 15 is 0 Å². The summed E-state index contributed by atoms with van der Waals surface area (Å²) in [6, 6.07) is 6.92. The van der Waals surface area contributed by atoms with Crippen LogP contribution in [-0.4, -0.2) is 38.4 Å². The lowest BCUT2D eigenvalue weighted by atomic mass is 10.0. The summed E-state index contributed by atoms with van der Waals surface area (Å²) in [5.41, 5.74) is 3.96. The van der Waals surface area contributed by atoms with Crippen LogP contribution in [-0.2, 0) is 20.0 Å². The van der Waals surface area contributed by atoms with Crippen LogP contribution in [0.25, 0.3) is 10.9 Å². The van der Waals surface area contributed by atoms with E-state index in [1.165, 1.54) is 11.9 Å². The number of carbonyl (C=O) groups excluding carboxylic acids is 1. The van der Waals surface area contributed by atoms with Crippen molar-refractivity contribution in [1.82, 2.24) is 24.4 Å². The van der Waals surface area contributed by atoms with Crippen LogP contribution in [0.1, 0.15) is 45.9 Å². The molecule has 4 aromatic rings. The van der Waals surface area contributed by atoms with Gasteiger partial charge in [0, 0.05) is 37.4 Å². The van der Waals surface area contributed by atoms with E-state index in [-0.39, 0.29) is 28.4 Å². The molecule has 0 bridgehead atoms. The molecule has 12 heteroatoms. The first-order valence-electron chi connectivity index (χ1n) is 11.7. The molecule has 1 atom stereocenters. The van der Waals surface area contributed by atoms with E-state index in [0.717, 1.165) is 22.5 Å². The summed E-state index contributed by atoms with van der Waals surface area (Å²) in [5, 5.41) is 8.04. The standard InChI is InChI=1S/C25H26ClN7O3S/c1-13-9-16(14(2)28-18-5-6-20(26)29-22(18)23(34)31-37-4)21-17(10-13)24(35)32(3)25(30-21)33-8-7-19-15(12-33)11-27-36-19/h5-6,9-11,14,28H,7-8,12H2,1-4H3,(H,31,34). The zero-order valence-electron chi connectivity index (χ0n) is 20.8. The molecular formula is C25H26ClN7O3S. The third-order valence-electron chi connectivity index (χ3n) is 6.42. The van der Waals surface area contributed by atoms with Crippen LogP contribution in [0.3, 0.4) is 0 Å². The average Bonchev–Trinajstić information content (AvgIpc) is 3.35. The molecule has 1 unspecified atom stereocenters. The maximum absolute atomic E-state index is 13.5. The summed E-state index contributed by atoms with van der Waals surface area (Å²) in [6.45, 7) is 5.13. The van der Waals surface area contributed by atoms with Crippen molar-refractivity contribution in [2.75, 3.05) is 23.0 Å². The van der Waals surface area contributed by atoms with E-state index in [1.807, 2.05) is 26.0 Å². The van der Waals surface area contributed by atoms with Gasteiger partial charge in [-0.15, -0.1) is 0 Å². The highest BCUT2D eigenvalue weighted by Gasteiger charge is 2.25. The van der Waals surface area contributed by atoms with E-state index in [4.69, 9.17) is 21.1 Å². The summed E-state index contributed by atoms with van der Waals surface area (Å²) >= 11 is 7.25. The monoisotopic (exact) mass is 539 g/mol. The Balaban J connectivity index is 1.57. The van der Waals surface area contributed by atoms with Gasteiger partial charge in [0.25, 0.3) is 11.5 Å². The number of hydrogen-bond acceptors (Lipinski definition) is 9. The minimum Gasteiger partial charge on any atom is -0.377 e. The molecule has 10 nitrogen and oxygen atoms in total. The van der Waals surface area contributed by atoms with Crippen molar-refractivity contribution in [3.8, 4) is 0 Å². The number of benzene rings is 1. The molecule has 0 radical (unpaired) electrons. The maximum atomic E-state index is 13.5. The molecule has 0 saturated heterocycles. The lowest BCUT2D eigenvalue weighted by Crippen LogP contribution is -2.35. The Bertz CT molecular complexity index is 1570. The van der Waals surface area contributed by atoms with Gasteiger partial charge in [-0.1, -0.05) is 34.8 Å². The molecule has 1 aromatic carbocycles. The Morgan fingerprint density at radius 2 is 2.08 bits per heavy atom. The van der Waals surface area contributed by atoms with Gasteiger partial charge in [-0.2, -0.15) is 0 Å². The largest absolute Gasteiger partial charge is 0.377 e. The van der Waals surface area contributed by atoms with Gasteiger partial charge in [-0.3, -0.25) is 18.9 Å². The summed E-state index contributed by atoms with van der Waals surface area (Å²) in [4.78, 5) is 37.4. The number of pyridine rings is 1. The maximum Gasteiger partial charge on any atom is 0.281 e. The summed E-state index contributed by atoms with van der Waals surface area (Å²) < 4.78 is 9.60. The molecule has 0 saturated carbocycles. The Morgan fingerprint density at radius 1 is 1.27 bits per heavy atom. The lowest BCUT2D eigenvalue weighted by Gasteiger charge is -2.28. The van der Waals surface area contributed by atoms with Crippen molar-refractivity contribution >= 4 is 52.0 Å². The number of halogens is 1. The third-order valence-corrected chi connectivity index (χ3v) is 7.02. The topological polar surface area (TPSA) is 118 Å². The Morgan fingerprint density at radius 3 is 2.86 bits per heavy atom. The fraction of sp³-hybridized carbons (Fsp3) is 0.320. The molecule has 2 N–H and O–H groups in total. The number of carbonyl (C=O) groups is 1. The second-order valence-electron chi connectivity index (χ2n) is 9.00. The molecule has 192 valence electrons. The number of anilines is 2. The predicted molar refractivity (Wildman–Crippen MR) is 145 cm³/mol. The van der Waals surface area contributed by atoms with Crippen molar-refractivity contribution in [1.29, 1.82) is 0 Å². The zero-order valence-corrected chi connectivity index (χ0v) is 22.4. The smallest absolute Gasteiger partial charge is 0.281 e. The van der Waals surface area contributed by atoms with E-state index in [1.54, 1.807) is 36.2 Å². The van der Waals surface area contributed by atoms with Crippen LogP contribution < -0.4 is 20.5 Å². The number of rotatable bonds is 6. The molecule has 0 spiro atoms. The van der Waals surface area contributed by atoms with Crippen LogP contribution in [0.4, 0.5) is 11.6 Å². The lowest BCUT2D eigenvalue weighted by molar-refractivity contribution is 0.0980. The predicted octanol–water partition coefficient (Wildman–Crippen LogP) is 4.02. The van der Waals surface area contributed by atoms with Gasteiger partial charge in [-0.05, 0) is 37.6 Å². The SMILES string of the molecule is CSNC(=O)c1nc(Cl)ccc1NC(C)c1cc(C)cc2c(=O)n(C)c(N3CCc4oncc4C3)nc12. The number of hydrogen-bond donors (Lipinski definition) is 2. The highest BCUT2D eigenvalue weighted by molar-refractivity contribution is 7.97. The van der Waals surface area contributed by atoms with Crippen LogP contribution >= 0.6 is 23.5 Å². The summed E-state index contributed by atoms with van der Waals surface area (Å²) in [6.07, 6.45) is 4.16. The Labute approximate surface area is 222 Å². The molecule has 4 heterocycles. The van der Waals surface area contributed by atoms with Crippen molar-refractivity contribution in [3.63, 3.8) is 0 Å². The number of aryl methyl sites for hydroxylation is 1. The molecule has 1 aliphatic rings. The molecule has 3 aromatic heterocycles. The molecule has 37 heavy (non-hydrogen) atoms. The zero-order chi connectivity index (χ0) is 26.3. The van der Waals surface area contributed by atoms with E-state index in [2.05, 4.69) is 25.1 Å². The average molecular weight is 540 g/mol. The van der Waals surface area contributed by atoms with Crippen LogP contribution in [0.2, 0.25) is 5.15 Å². The first-order valence-corrected chi connectivity index (χ1v) is 13.3. The number of nitrogens with one attached hydrogen (secondary N) is 2. The first-order chi connectivity index (χ1) is 17.8. The van der Waals surface area contributed by atoms with Crippen molar-refractivity contribution in [2.24, 2.45) is 7.05 Å². The highest BCUT2D eigenvalue weighted by atomic mass is 35.5. The second kappa shape index (κ2) is 10.1. The molecule has 0 aliphatic carbocycles. The van der Waals surface area contributed by atoms with Gasteiger partial charge in [0.15, 0.2) is 5.69 Å². The van der Waals surface area contributed by atoms with Crippen LogP contribution in [0.15, 0.2) is 39.8 Å². The molecular weight excluding hydrogens is 514 g/mol. The molecule has 1 amide bonds. The van der Waals surface area contributed by atoms with E-state index in [0.29, 0.717) is 42.0 Å². The van der Waals surface area contributed by atoms with Crippen LogP contribution in [0.5, 0.6) is 0 Å². The van der Waals surface area contributed by atoms with E-state index < -0.39 is 0 Å². The van der Waals surface area contributed by atoms with Crippen LogP contribution in [0, 0.1) is 6.92 Å². The fourth-order valence-corrected chi connectivity index (χ4v) is 5.07. The van der Waals surface area contributed by atoms with Crippen molar-refractivity contribution in [2.45, 2.75) is 32.9 Å². The third kappa shape index (κ3) is 4.76. The minimum absolute atomic E-state index is 0.124. The normalized spacial score (nSPS) is 13.9. The van der Waals surface area contributed by atoms with Gasteiger partial charge in [0.2, 0.25) is 5.95 Å². The molecule has 0 fully saturated rings. The van der Waals surface area contributed by atoms with Gasteiger partial charge in [0.05, 0.1) is 35.4 Å². The van der Waals surface area contributed by atoms with Gasteiger partial charge in [0.1, 0.15) is 10.9 Å². The quantitative estimate of drug-likeness (QED) is 0.276. The number of nitrogens with zero attached hydrogens (tertiary/aromatic N) is 5. The van der Waals surface area contributed by atoms with Crippen molar-refractivity contribution < 1.29 is 9.32 Å². The van der Waals surface area contributed by atoms with Crippen molar-refractivity contribution in [3.05, 3.63) is 74.1 Å². The molecule has 1 aliphatic heterocycles. The summed E-state index contributed by atoms with van der Waals surface area (Å²) in [5.74, 6) is 1.09. The number of amides is 1. The Hall–Kier alpha value is -3.57. The number of aromatic nitrogens is 4. The highest BCUT2D eigenvalue weighted by Crippen LogP contribution is 2.30.